The third-order valence-electron chi connectivity index (χ3n) is 5.62. The van der Waals surface area contributed by atoms with Crippen molar-refractivity contribution in [3.63, 3.8) is 0 Å². The van der Waals surface area contributed by atoms with Crippen molar-refractivity contribution in [3.05, 3.63) is 67.3 Å². The van der Waals surface area contributed by atoms with E-state index in [-0.39, 0.29) is 0 Å². The van der Waals surface area contributed by atoms with Gasteiger partial charge in [-0.25, -0.2) is 15.0 Å². The summed E-state index contributed by atoms with van der Waals surface area (Å²) in [6.45, 7) is 4.27. The molecule has 5 rings (SSSR count). The van der Waals surface area contributed by atoms with Crippen molar-refractivity contribution in [2.75, 3.05) is 31.6 Å². The Morgan fingerprint density at radius 2 is 1.94 bits per heavy atom. The van der Waals surface area contributed by atoms with Gasteiger partial charge in [-0.1, -0.05) is 6.07 Å². The van der Waals surface area contributed by atoms with Gasteiger partial charge < -0.3 is 19.9 Å². The lowest BCUT2D eigenvalue weighted by molar-refractivity contribution is 0.263. The number of likely N-dealkylation sites (tertiary alicyclic amines) is 1. The standard InChI is InChI=1S/C25H27N7O/c1-2-13-32(12-1)14-5-15-33-21-8-3-7-20(16-21)29-25-27-11-9-22(31-25)23-18-28-24(30-23)19-6-4-10-26-17-19/h3-4,6-11,16-18H,1-2,5,12-15H2,(H,28,30)(H,27,29,31). The minimum atomic E-state index is 0.510. The van der Waals surface area contributed by atoms with Gasteiger partial charge in [0.15, 0.2) is 0 Å². The quantitative estimate of drug-likeness (QED) is 0.369. The van der Waals surface area contributed by atoms with Gasteiger partial charge in [-0.2, -0.15) is 0 Å². The van der Waals surface area contributed by atoms with Crippen LogP contribution in [0.5, 0.6) is 5.75 Å². The van der Waals surface area contributed by atoms with Crippen molar-refractivity contribution in [2.45, 2.75) is 19.3 Å². The molecule has 33 heavy (non-hydrogen) atoms. The Hall–Kier alpha value is -3.78. The Morgan fingerprint density at radius 3 is 2.82 bits per heavy atom. The van der Waals surface area contributed by atoms with Crippen molar-refractivity contribution in [2.24, 2.45) is 0 Å². The lowest BCUT2D eigenvalue weighted by Crippen LogP contribution is -2.21. The molecule has 2 N–H and O–H groups in total. The molecule has 1 aliphatic rings. The zero-order chi connectivity index (χ0) is 22.3. The molecule has 8 heteroatoms. The molecule has 4 aromatic rings. The summed E-state index contributed by atoms with van der Waals surface area (Å²) in [5.74, 6) is 2.10. The Labute approximate surface area is 193 Å². The zero-order valence-corrected chi connectivity index (χ0v) is 18.4. The number of ether oxygens (including phenoxy) is 1. The maximum Gasteiger partial charge on any atom is 0.227 e. The second-order valence-corrected chi connectivity index (χ2v) is 8.06. The number of benzene rings is 1. The minimum absolute atomic E-state index is 0.510. The first-order valence-electron chi connectivity index (χ1n) is 11.3. The Morgan fingerprint density at radius 1 is 1.00 bits per heavy atom. The van der Waals surface area contributed by atoms with Crippen molar-refractivity contribution in [1.29, 1.82) is 0 Å². The van der Waals surface area contributed by atoms with Crippen molar-refractivity contribution < 1.29 is 4.74 Å². The molecule has 4 heterocycles. The molecular formula is C25H27N7O. The van der Waals surface area contributed by atoms with Crippen molar-refractivity contribution >= 4 is 11.6 Å². The summed E-state index contributed by atoms with van der Waals surface area (Å²) in [7, 11) is 0. The maximum atomic E-state index is 5.96. The van der Waals surface area contributed by atoms with Gasteiger partial charge in [0.1, 0.15) is 11.6 Å². The zero-order valence-electron chi connectivity index (χ0n) is 18.4. The number of nitrogens with one attached hydrogen (secondary N) is 2. The molecule has 1 fully saturated rings. The van der Waals surface area contributed by atoms with Crippen LogP contribution in [0, 0.1) is 0 Å². The van der Waals surface area contributed by atoms with Crippen LogP contribution in [0.15, 0.2) is 67.3 Å². The van der Waals surface area contributed by atoms with Gasteiger partial charge in [0.05, 0.1) is 24.2 Å². The van der Waals surface area contributed by atoms with Crippen LogP contribution in [0.2, 0.25) is 0 Å². The molecule has 8 nitrogen and oxygen atoms in total. The van der Waals surface area contributed by atoms with E-state index >= 15 is 0 Å². The number of hydrogen-bond donors (Lipinski definition) is 2. The summed E-state index contributed by atoms with van der Waals surface area (Å²) in [4.78, 5) is 23.4. The van der Waals surface area contributed by atoms with Gasteiger partial charge in [-0.3, -0.25) is 4.98 Å². The highest BCUT2D eigenvalue weighted by atomic mass is 16.5. The number of aromatic amines is 1. The van der Waals surface area contributed by atoms with Crippen LogP contribution >= 0.6 is 0 Å². The van der Waals surface area contributed by atoms with Crippen LogP contribution in [0.1, 0.15) is 19.3 Å². The number of H-pyrrole nitrogens is 1. The van der Waals surface area contributed by atoms with E-state index in [2.05, 4.69) is 35.1 Å². The fraction of sp³-hybridized carbons (Fsp3) is 0.280. The maximum absolute atomic E-state index is 5.96. The Balaban J connectivity index is 1.21. The number of rotatable bonds is 9. The molecule has 0 spiro atoms. The monoisotopic (exact) mass is 441 g/mol. The van der Waals surface area contributed by atoms with E-state index in [1.54, 1.807) is 24.8 Å². The molecule has 0 aliphatic carbocycles. The fourth-order valence-corrected chi connectivity index (χ4v) is 3.95. The molecule has 0 amide bonds. The second kappa shape index (κ2) is 10.2. The number of aromatic nitrogens is 5. The molecule has 1 saturated heterocycles. The normalized spacial score (nSPS) is 13.8. The molecule has 0 radical (unpaired) electrons. The minimum Gasteiger partial charge on any atom is -0.493 e. The third-order valence-corrected chi connectivity index (χ3v) is 5.62. The summed E-state index contributed by atoms with van der Waals surface area (Å²) >= 11 is 0. The summed E-state index contributed by atoms with van der Waals surface area (Å²) in [6, 6.07) is 13.6. The topological polar surface area (TPSA) is 91.9 Å². The first-order chi connectivity index (χ1) is 16.3. The van der Waals surface area contributed by atoms with Gasteiger partial charge in [0.25, 0.3) is 0 Å². The lowest BCUT2D eigenvalue weighted by atomic mass is 10.3. The average molecular weight is 442 g/mol. The van der Waals surface area contributed by atoms with Crippen LogP contribution in [-0.2, 0) is 0 Å². The van der Waals surface area contributed by atoms with Crippen LogP contribution in [0.4, 0.5) is 11.6 Å². The number of hydrogen-bond acceptors (Lipinski definition) is 7. The number of pyridine rings is 1. The van der Waals surface area contributed by atoms with E-state index in [4.69, 9.17) is 4.74 Å². The molecule has 0 unspecified atom stereocenters. The largest absolute Gasteiger partial charge is 0.493 e. The van der Waals surface area contributed by atoms with E-state index in [1.165, 1.54) is 25.9 Å². The highest BCUT2D eigenvalue weighted by Gasteiger charge is 2.11. The van der Waals surface area contributed by atoms with Gasteiger partial charge in [0.2, 0.25) is 5.95 Å². The van der Waals surface area contributed by atoms with E-state index in [0.717, 1.165) is 47.2 Å². The Kier molecular flexibility index (Phi) is 6.53. The molecule has 1 aliphatic heterocycles. The molecule has 0 saturated carbocycles. The molecule has 0 atom stereocenters. The van der Waals surface area contributed by atoms with Gasteiger partial charge in [-0.15, -0.1) is 0 Å². The van der Waals surface area contributed by atoms with Crippen molar-refractivity contribution in [1.82, 2.24) is 29.8 Å². The summed E-state index contributed by atoms with van der Waals surface area (Å²) in [5, 5.41) is 3.27. The number of imidazole rings is 1. The fourth-order valence-electron chi connectivity index (χ4n) is 3.95. The first kappa shape index (κ1) is 21.1. The van der Waals surface area contributed by atoms with Crippen molar-refractivity contribution in [3.8, 4) is 28.5 Å². The van der Waals surface area contributed by atoms with E-state index in [1.807, 2.05) is 42.5 Å². The smallest absolute Gasteiger partial charge is 0.227 e. The van der Waals surface area contributed by atoms with Gasteiger partial charge in [-0.05, 0) is 62.7 Å². The highest BCUT2D eigenvalue weighted by Crippen LogP contribution is 2.23. The number of anilines is 2. The summed E-state index contributed by atoms with van der Waals surface area (Å²) in [6.07, 6.45) is 10.7. The van der Waals surface area contributed by atoms with Crippen LogP contribution in [-0.4, -0.2) is 56.1 Å². The second-order valence-electron chi connectivity index (χ2n) is 8.06. The SMILES string of the molecule is c1cc(Nc2nccc(-c3cnc(-c4cccnc4)[nH]3)n2)cc(OCCCN2CCCC2)c1. The van der Waals surface area contributed by atoms with Crippen LogP contribution in [0.25, 0.3) is 22.8 Å². The predicted octanol–water partition coefficient (Wildman–Crippen LogP) is 4.54. The van der Waals surface area contributed by atoms with E-state index in [0.29, 0.717) is 12.6 Å². The molecule has 3 aromatic heterocycles. The average Bonchev–Trinajstić information content (AvgIpc) is 3.56. The molecule has 1 aromatic carbocycles. The van der Waals surface area contributed by atoms with Crippen LogP contribution < -0.4 is 10.1 Å². The summed E-state index contributed by atoms with van der Waals surface area (Å²) < 4.78 is 5.96. The molecule has 0 bridgehead atoms. The Bertz CT molecular complexity index is 1170. The van der Waals surface area contributed by atoms with Gasteiger partial charge in [0, 0.05) is 42.5 Å². The van der Waals surface area contributed by atoms with E-state index in [9.17, 15) is 0 Å². The third kappa shape index (κ3) is 5.53. The lowest BCUT2D eigenvalue weighted by Gasteiger charge is -2.14. The number of nitrogens with zero attached hydrogens (tertiary/aromatic N) is 5. The van der Waals surface area contributed by atoms with Crippen LogP contribution in [0.3, 0.4) is 0 Å². The molecular weight excluding hydrogens is 414 g/mol. The molecule has 168 valence electrons. The highest BCUT2D eigenvalue weighted by molar-refractivity contribution is 5.63. The van der Waals surface area contributed by atoms with E-state index < -0.39 is 0 Å². The summed E-state index contributed by atoms with van der Waals surface area (Å²) in [5.41, 5.74) is 3.37. The van der Waals surface area contributed by atoms with Gasteiger partial charge >= 0.3 is 0 Å². The first-order valence-corrected chi connectivity index (χ1v) is 11.3. The predicted molar refractivity (Wildman–Crippen MR) is 128 cm³/mol.